The first-order valence-electron chi connectivity index (χ1n) is 3.87. The third-order valence-corrected chi connectivity index (χ3v) is 1.82. The van der Waals surface area contributed by atoms with Gasteiger partial charge in [0, 0.05) is 10.5 Å². The van der Waals surface area contributed by atoms with E-state index in [1.807, 2.05) is 0 Å². The van der Waals surface area contributed by atoms with E-state index in [0.717, 1.165) is 6.07 Å². The van der Waals surface area contributed by atoms with Crippen LogP contribution in [0.15, 0.2) is 23.1 Å². The zero-order valence-corrected chi connectivity index (χ0v) is 8.27. The Balaban J connectivity index is 3.03. The van der Waals surface area contributed by atoms with Gasteiger partial charge in [-0.1, -0.05) is 6.07 Å². The fraction of sp³-hybridized carbons (Fsp3) is 0.222. The molecule has 0 aliphatic heterocycles. The Morgan fingerprint density at radius 3 is 2.60 bits per heavy atom. The summed E-state index contributed by atoms with van der Waals surface area (Å²) in [5.41, 5.74) is 0.188. The second kappa shape index (κ2) is 4.45. The Morgan fingerprint density at radius 2 is 2.07 bits per heavy atom. The van der Waals surface area contributed by atoms with Crippen molar-refractivity contribution in [2.24, 2.45) is 0 Å². The van der Waals surface area contributed by atoms with Gasteiger partial charge in [0.1, 0.15) is 5.75 Å². The molecule has 2 nitrogen and oxygen atoms in total. The van der Waals surface area contributed by atoms with Gasteiger partial charge in [-0.15, -0.1) is 25.8 Å². The van der Waals surface area contributed by atoms with Crippen LogP contribution in [0.3, 0.4) is 0 Å². The number of alkyl halides is 3. The zero-order valence-electron chi connectivity index (χ0n) is 7.38. The lowest BCUT2D eigenvalue weighted by Crippen LogP contribution is -2.18. The zero-order chi connectivity index (χ0) is 11.5. The fourth-order valence-electron chi connectivity index (χ4n) is 0.994. The number of halogens is 3. The van der Waals surface area contributed by atoms with E-state index in [9.17, 15) is 13.2 Å². The van der Waals surface area contributed by atoms with E-state index in [0.29, 0.717) is 4.90 Å². The molecule has 0 fully saturated rings. The van der Waals surface area contributed by atoms with Crippen LogP contribution in [-0.2, 0) is 6.42 Å². The highest BCUT2D eigenvalue weighted by atomic mass is 32.1. The van der Waals surface area contributed by atoms with Gasteiger partial charge in [0.2, 0.25) is 0 Å². The molecule has 0 atom stereocenters. The third kappa shape index (κ3) is 3.72. The lowest BCUT2D eigenvalue weighted by atomic mass is 10.1. The van der Waals surface area contributed by atoms with E-state index in [1.165, 1.54) is 12.1 Å². The van der Waals surface area contributed by atoms with E-state index >= 15 is 0 Å². The quantitative estimate of drug-likeness (QED) is 0.796. The third-order valence-electron chi connectivity index (χ3n) is 1.55. The molecule has 0 aliphatic carbocycles. The Bertz CT molecular complexity index is 397. The molecule has 1 aromatic rings. The Hall–Kier alpha value is -1.35. The molecule has 15 heavy (non-hydrogen) atoms. The summed E-state index contributed by atoms with van der Waals surface area (Å²) in [4.78, 5) is 0.343. The fourth-order valence-corrected chi connectivity index (χ4v) is 1.19. The smallest absolute Gasteiger partial charge is 0.405 e. The molecular formula is C9H6F3NOS. The van der Waals surface area contributed by atoms with Gasteiger partial charge in [-0.3, -0.25) is 0 Å². The van der Waals surface area contributed by atoms with Crippen LogP contribution in [0.5, 0.6) is 5.75 Å². The van der Waals surface area contributed by atoms with Crippen molar-refractivity contribution in [1.29, 1.82) is 5.26 Å². The SMILES string of the molecule is N#CCc1ccc(S)cc1OC(F)(F)F. The van der Waals surface area contributed by atoms with Crippen molar-refractivity contribution in [3.8, 4) is 11.8 Å². The van der Waals surface area contributed by atoms with Crippen LogP contribution < -0.4 is 4.74 Å². The van der Waals surface area contributed by atoms with Crippen LogP contribution in [0.2, 0.25) is 0 Å². The summed E-state index contributed by atoms with van der Waals surface area (Å²) in [5.74, 6) is -0.378. The molecule has 0 radical (unpaired) electrons. The molecule has 0 amide bonds. The monoisotopic (exact) mass is 233 g/mol. The number of nitrogens with zero attached hydrogens (tertiary/aromatic N) is 1. The summed E-state index contributed by atoms with van der Waals surface area (Å²) in [6.45, 7) is 0. The Morgan fingerprint density at radius 1 is 1.40 bits per heavy atom. The Labute approximate surface area is 89.7 Å². The molecule has 6 heteroatoms. The van der Waals surface area contributed by atoms with Crippen LogP contribution in [0.25, 0.3) is 0 Å². The molecule has 0 spiro atoms. The molecule has 0 N–H and O–H groups in total. The van der Waals surface area contributed by atoms with Crippen molar-refractivity contribution < 1.29 is 17.9 Å². The van der Waals surface area contributed by atoms with Gasteiger partial charge < -0.3 is 4.74 Å². The molecule has 80 valence electrons. The van der Waals surface area contributed by atoms with Crippen molar-refractivity contribution in [2.75, 3.05) is 0 Å². The molecular weight excluding hydrogens is 227 g/mol. The van der Waals surface area contributed by atoms with Crippen molar-refractivity contribution in [3.63, 3.8) is 0 Å². The van der Waals surface area contributed by atoms with E-state index in [4.69, 9.17) is 5.26 Å². The first kappa shape index (κ1) is 11.7. The van der Waals surface area contributed by atoms with Crippen LogP contribution >= 0.6 is 12.6 Å². The van der Waals surface area contributed by atoms with Crippen LogP contribution in [0, 0.1) is 11.3 Å². The number of nitriles is 1. The normalized spacial score (nSPS) is 10.9. The van der Waals surface area contributed by atoms with E-state index in [2.05, 4.69) is 17.4 Å². The maximum Gasteiger partial charge on any atom is 0.573 e. The second-order valence-electron chi connectivity index (χ2n) is 2.67. The molecule has 0 bridgehead atoms. The summed E-state index contributed by atoms with van der Waals surface area (Å²) in [7, 11) is 0. The molecule has 0 saturated carbocycles. The van der Waals surface area contributed by atoms with Crippen molar-refractivity contribution in [2.45, 2.75) is 17.7 Å². The predicted octanol–water partition coefficient (Wildman–Crippen LogP) is 2.94. The van der Waals surface area contributed by atoms with Gasteiger partial charge in [0.25, 0.3) is 0 Å². The molecule has 0 aliphatic rings. The summed E-state index contributed by atoms with van der Waals surface area (Å²) in [5, 5.41) is 8.41. The summed E-state index contributed by atoms with van der Waals surface area (Å²) in [6, 6.07) is 5.77. The summed E-state index contributed by atoms with van der Waals surface area (Å²) < 4.78 is 39.7. The number of ether oxygens (including phenoxy) is 1. The number of hydrogen-bond acceptors (Lipinski definition) is 3. The van der Waals surface area contributed by atoms with Gasteiger partial charge in [-0.25, -0.2) is 0 Å². The highest BCUT2D eigenvalue weighted by Gasteiger charge is 2.32. The van der Waals surface area contributed by atoms with Gasteiger partial charge >= 0.3 is 6.36 Å². The summed E-state index contributed by atoms with van der Waals surface area (Å²) >= 11 is 3.89. The molecule has 0 aromatic heterocycles. The highest BCUT2D eigenvalue weighted by Crippen LogP contribution is 2.28. The number of benzene rings is 1. The van der Waals surface area contributed by atoms with Crippen molar-refractivity contribution >= 4 is 12.6 Å². The average Bonchev–Trinajstić information content (AvgIpc) is 2.07. The Kier molecular flexibility index (Phi) is 3.48. The number of hydrogen-bond donors (Lipinski definition) is 1. The highest BCUT2D eigenvalue weighted by molar-refractivity contribution is 7.80. The van der Waals surface area contributed by atoms with Crippen LogP contribution in [0.1, 0.15) is 5.56 Å². The number of rotatable bonds is 2. The van der Waals surface area contributed by atoms with Gasteiger partial charge in [0.15, 0.2) is 0 Å². The maximum atomic E-state index is 12.0. The lowest BCUT2D eigenvalue weighted by molar-refractivity contribution is -0.274. The lowest BCUT2D eigenvalue weighted by Gasteiger charge is -2.12. The largest absolute Gasteiger partial charge is 0.573 e. The second-order valence-corrected chi connectivity index (χ2v) is 3.19. The molecule has 0 saturated heterocycles. The van der Waals surface area contributed by atoms with Gasteiger partial charge in [-0.05, 0) is 12.1 Å². The van der Waals surface area contributed by atoms with Crippen LogP contribution in [0.4, 0.5) is 13.2 Å². The topological polar surface area (TPSA) is 33.0 Å². The van der Waals surface area contributed by atoms with E-state index in [-0.39, 0.29) is 17.7 Å². The first-order chi connectivity index (χ1) is 6.92. The van der Waals surface area contributed by atoms with Gasteiger partial charge in [-0.2, -0.15) is 5.26 Å². The minimum atomic E-state index is -4.76. The predicted molar refractivity (Wildman–Crippen MR) is 49.7 cm³/mol. The van der Waals surface area contributed by atoms with Crippen molar-refractivity contribution in [3.05, 3.63) is 23.8 Å². The minimum Gasteiger partial charge on any atom is -0.405 e. The number of thiol groups is 1. The minimum absolute atomic E-state index is 0.139. The molecule has 1 rings (SSSR count). The molecule has 1 aromatic carbocycles. The summed E-state index contributed by atoms with van der Waals surface area (Å²) in [6.07, 6.45) is -4.90. The van der Waals surface area contributed by atoms with Crippen LogP contribution in [-0.4, -0.2) is 6.36 Å². The van der Waals surface area contributed by atoms with E-state index < -0.39 is 6.36 Å². The maximum absolute atomic E-state index is 12.0. The molecule has 0 unspecified atom stereocenters. The average molecular weight is 233 g/mol. The molecule has 0 heterocycles. The standard InChI is InChI=1S/C9H6F3NOS/c10-9(11,12)14-8-5-7(15)2-1-6(8)3-4-13/h1-2,5,15H,3H2. The van der Waals surface area contributed by atoms with Crippen molar-refractivity contribution in [1.82, 2.24) is 0 Å². The van der Waals surface area contributed by atoms with Gasteiger partial charge in [0.05, 0.1) is 12.5 Å². The first-order valence-corrected chi connectivity index (χ1v) is 4.31. The van der Waals surface area contributed by atoms with E-state index in [1.54, 1.807) is 6.07 Å².